The highest BCUT2D eigenvalue weighted by atomic mass is 32.2. The lowest BCUT2D eigenvalue weighted by molar-refractivity contribution is -0.384. The van der Waals surface area contributed by atoms with E-state index in [-0.39, 0.29) is 11.3 Å². The molecule has 0 heterocycles. The van der Waals surface area contributed by atoms with Crippen molar-refractivity contribution in [3.8, 4) is 0 Å². The van der Waals surface area contributed by atoms with Gasteiger partial charge in [-0.15, -0.1) is 0 Å². The van der Waals surface area contributed by atoms with Crippen molar-refractivity contribution in [1.29, 1.82) is 0 Å². The van der Waals surface area contributed by atoms with Crippen molar-refractivity contribution in [1.82, 2.24) is 5.43 Å². The standard InChI is InChI=1S/C17H18N4O5S/c1-12(14-5-4-6-16(11-14)21(23)24)18-19-17(22)13-7-9-15(10-8-13)20(2)27(3,25)26/h4-11H,1-3H3,(H,19,22)/b18-12-. The van der Waals surface area contributed by atoms with Crippen LogP contribution in [0.3, 0.4) is 0 Å². The molecule has 27 heavy (non-hydrogen) atoms. The molecule has 0 fully saturated rings. The van der Waals surface area contributed by atoms with Crippen molar-refractivity contribution < 1.29 is 18.1 Å². The maximum atomic E-state index is 12.2. The molecule has 1 amide bonds. The SMILES string of the molecule is C/C(=N/NC(=O)c1ccc(N(C)S(C)(=O)=O)cc1)c1cccc([N+](=O)[O-])c1. The number of carbonyl (C=O) groups excluding carboxylic acids is 1. The third-order valence-electron chi connectivity index (χ3n) is 3.79. The smallest absolute Gasteiger partial charge is 0.271 e. The lowest BCUT2D eigenvalue weighted by Gasteiger charge is -2.16. The van der Waals surface area contributed by atoms with E-state index < -0.39 is 20.9 Å². The minimum absolute atomic E-state index is 0.0704. The fraction of sp³-hybridized carbons (Fsp3) is 0.176. The van der Waals surface area contributed by atoms with E-state index in [4.69, 9.17) is 0 Å². The molecule has 2 aromatic carbocycles. The van der Waals surface area contributed by atoms with Crippen LogP contribution in [0.4, 0.5) is 11.4 Å². The molecule has 1 N–H and O–H groups in total. The summed E-state index contributed by atoms with van der Waals surface area (Å²) in [5, 5.41) is 14.8. The van der Waals surface area contributed by atoms with Gasteiger partial charge >= 0.3 is 0 Å². The molecule has 0 saturated carbocycles. The number of nitro benzene ring substituents is 1. The number of rotatable bonds is 6. The number of nitrogens with zero attached hydrogens (tertiary/aromatic N) is 3. The summed E-state index contributed by atoms with van der Waals surface area (Å²) >= 11 is 0. The predicted octanol–water partition coefficient (Wildman–Crippen LogP) is 2.14. The molecule has 2 rings (SSSR count). The van der Waals surface area contributed by atoms with E-state index in [0.717, 1.165) is 10.6 Å². The van der Waals surface area contributed by atoms with Gasteiger partial charge in [0.05, 0.1) is 22.6 Å². The number of sulfonamides is 1. The zero-order valence-electron chi connectivity index (χ0n) is 14.9. The lowest BCUT2D eigenvalue weighted by atomic mass is 10.1. The maximum Gasteiger partial charge on any atom is 0.271 e. The van der Waals surface area contributed by atoms with E-state index in [2.05, 4.69) is 10.5 Å². The van der Waals surface area contributed by atoms with E-state index in [1.807, 2.05) is 0 Å². The topological polar surface area (TPSA) is 122 Å². The summed E-state index contributed by atoms with van der Waals surface area (Å²) in [6.45, 7) is 1.61. The van der Waals surface area contributed by atoms with Gasteiger partial charge in [0, 0.05) is 30.3 Å². The summed E-state index contributed by atoms with van der Waals surface area (Å²) in [4.78, 5) is 22.5. The van der Waals surface area contributed by atoms with Crippen molar-refractivity contribution in [3.63, 3.8) is 0 Å². The Morgan fingerprint density at radius 1 is 1.15 bits per heavy atom. The molecule has 142 valence electrons. The van der Waals surface area contributed by atoms with E-state index in [1.54, 1.807) is 13.0 Å². The molecule has 0 aliphatic heterocycles. The first kappa shape index (κ1) is 20.0. The zero-order valence-corrected chi connectivity index (χ0v) is 15.7. The number of hydrogen-bond acceptors (Lipinski definition) is 6. The summed E-state index contributed by atoms with van der Waals surface area (Å²) in [6, 6.07) is 11.9. The molecule has 0 aliphatic rings. The van der Waals surface area contributed by atoms with Crippen LogP contribution < -0.4 is 9.73 Å². The number of carbonyl (C=O) groups is 1. The van der Waals surface area contributed by atoms with Gasteiger partial charge in [0.25, 0.3) is 11.6 Å². The summed E-state index contributed by atoms with van der Waals surface area (Å²) in [6.07, 6.45) is 1.08. The van der Waals surface area contributed by atoms with Crippen LogP contribution in [0.1, 0.15) is 22.8 Å². The van der Waals surface area contributed by atoms with E-state index >= 15 is 0 Å². The fourth-order valence-electron chi connectivity index (χ4n) is 2.12. The molecule has 0 atom stereocenters. The summed E-state index contributed by atoms with van der Waals surface area (Å²) in [5.41, 5.74) is 3.92. The Morgan fingerprint density at radius 3 is 2.33 bits per heavy atom. The number of non-ortho nitro benzene ring substituents is 1. The van der Waals surface area contributed by atoms with Gasteiger partial charge in [-0.05, 0) is 31.2 Å². The predicted molar refractivity (Wildman–Crippen MR) is 102 cm³/mol. The van der Waals surface area contributed by atoms with E-state index in [1.165, 1.54) is 49.5 Å². The van der Waals surface area contributed by atoms with Crippen LogP contribution in [0, 0.1) is 10.1 Å². The highest BCUT2D eigenvalue weighted by molar-refractivity contribution is 7.92. The molecule has 0 aromatic heterocycles. The minimum atomic E-state index is -3.39. The second kappa shape index (κ2) is 7.96. The number of nitrogens with one attached hydrogen (secondary N) is 1. The third-order valence-corrected chi connectivity index (χ3v) is 5.00. The van der Waals surface area contributed by atoms with Crippen molar-refractivity contribution in [2.75, 3.05) is 17.6 Å². The molecule has 0 unspecified atom stereocenters. The zero-order chi connectivity index (χ0) is 20.2. The van der Waals surface area contributed by atoms with Gasteiger partial charge in [-0.3, -0.25) is 19.2 Å². The van der Waals surface area contributed by atoms with Crippen LogP contribution >= 0.6 is 0 Å². The monoisotopic (exact) mass is 390 g/mol. The minimum Gasteiger partial charge on any atom is -0.274 e. The highest BCUT2D eigenvalue weighted by Gasteiger charge is 2.13. The first-order chi connectivity index (χ1) is 12.6. The van der Waals surface area contributed by atoms with Crippen LogP contribution in [-0.2, 0) is 10.0 Å². The normalized spacial score (nSPS) is 11.7. The quantitative estimate of drug-likeness (QED) is 0.460. The number of hydrazone groups is 1. The number of hydrogen-bond donors (Lipinski definition) is 1. The molecule has 2 aromatic rings. The molecule has 0 spiro atoms. The highest BCUT2D eigenvalue weighted by Crippen LogP contribution is 2.16. The van der Waals surface area contributed by atoms with Crippen molar-refractivity contribution in [3.05, 3.63) is 69.8 Å². The maximum absolute atomic E-state index is 12.2. The van der Waals surface area contributed by atoms with Gasteiger partial charge in [-0.1, -0.05) is 12.1 Å². The van der Waals surface area contributed by atoms with Gasteiger partial charge in [-0.2, -0.15) is 5.10 Å². The van der Waals surface area contributed by atoms with Crippen molar-refractivity contribution in [2.45, 2.75) is 6.92 Å². The fourth-order valence-corrected chi connectivity index (χ4v) is 2.63. The Labute approximate surface area is 156 Å². The molecule has 10 heteroatoms. The average Bonchev–Trinajstić information content (AvgIpc) is 2.64. The van der Waals surface area contributed by atoms with Crippen LogP contribution in [0.5, 0.6) is 0 Å². The van der Waals surface area contributed by atoms with E-state index in [0.29, 0.717) is 17.0 Å². The first-order valence-electron chi connectivity index (χ1n) is 7.73. The Morgan fingerprint density at radius 2 is 1.78 bits per heavy atom. The van der Waals surface area contributed by atoms with E-state index in [9.17, 15) is 23.3 Å². The summed E-state index contributed by atoms with van der Waals surface area (Å²) < 4.78 is 24.1. The second-order valence-electron chi connectivity index (χ2n) is 5.72. The lowest BCUT2D eigenvalue weighted by Crippen LogP contribution is -2.25. The Hall–Kier alpha value is -3.27. The van der Waals surface area contributed by atoms with Crippen LogP contribution in [-0.4, -0.2) is 38.3 Å². The molecule has 0 radical (unpaired) electrons. The van der Waals surface area contributed by atoms with Crippen molar-refractivity contribution >= 4 is 33.0 Å². The van der Waals surface area contributed by atoms with Crippen LogP contribution in [0.25, 0.3) is 0 Å². The molecule has 0 bridgehead atoms. The Balaban J connectivity index is 2.12. The van der Waals surface area contributed by atoms with Gasteiger partial charge in [0.2, 0.25) is 10.0 Å². The number of anilines is 1. The summed E-state index contributed by atoms with van der Waals surface area (Å²) in [5.74, 6) is -0.492. The third kappa shape index (κ3) is 5.11. The number of nitro groups is 1. The van der Waals surface area contributed by atoms with Crippen LogP contribution in [0.15, 0.2) is 53.6 Å². The average molecular weight is 390 g/mol. The van der Waals surface area contributed by atoms with Crippen LogP contribution in [0.2, 0.25) is 0 Å². The Bertz CT molecular complexity index is 1000. The number of amides is 1. The molecule has 0 saturated heterocycles. The van der Waals surface area contributed by atoms with Crippen molar-refractivity contribution in [2.24, 2.45) is 5.10 Å². The molecular formula is C17H18N4O5S. The summed E-state index contributed by atoms with van der Waals surface area (Å²) in [7, 11) is -1.97. The number of benzene rings is 2. The molecule has 9 nitrogen and oxygen atoms in total. The van der Waals surface area contributed by atoms with Gasteiger partial charge in [-0.25, -0.2) is 13.8 Å². The first-order valence-corrected chi connectivity index (χ1v) is 9.58. The molecule has 0 aliphatic carbocycles. The molecular weight excluding hydrogens is 372 g/mol. The second-order valence-corrected chi connectivity index (χ2v) is 7.74. The van der Waals surface area contributed by atoms with Gasteiger partial charge in [0.1, 0.15) is 0 Å². The Kier molecular flexibility index (Phi) is 5.91. The van der Waals surface area contributed by atoms with Gasteiger partial charge in [0.15, 0.2) is 0 Å². The van der Waals surface area contributed by atoms with Gasteiger partial charge < -0.3 is 0 Å². The largest absolute Gasteiger partial charge is 0.274 e.